The van der Waals surface area contributed by atoms with Gasteiger partial charge in [0.15, 0.2) is 0 Å². The molecule has 0 amide bonds. The Bertz CT molecular complexity index is 170. The molecule has 4 N–H and O–H groups in total. The Balaban J connectivity index is 3.21. The first-order valence-corrected chi connectivity index (χ1v) is 7.23. The Labute approximate surface area is 82.7 Å². The van der Waals surface area contributed by atoms with Gasteiger partial charge in [-0.05, 0) is 30.9 Å². The molecule has 0 aliphatic carbocycles. The van der Waals surface area contributed by atoms with Crippen molar-refractivity contribution in [2.45, 2.75) is 6.42 Å². The fourth-order valence-electron chi connectivity index (χ4n) is 0.638. The molecule has 5 nitrogen and oxygen atoms in total. The molecule has 0 aromatic carbocycles. The van der Waals surface area contributed by atoms with E-state index in [-0.39, 0.29) is 0 Å². The lowest BCUT2D eigenvalue weighted by Gasteiger charge is -2.07. The summed E-state index contributed by atoms with van der Waals surface area (Å²) >= 11 is 0.932. The number of nitrogens with one attached hydrogen (secondary N) is 1. The van der Waals surface area contributed by atoms with Gasteiger partial charge in [-0.25, -0.2) is 4.57 Å². The third-order valence-corrected chi connectivity index (χ3v) is 4.47. The highest BCUT2D eigenvalue weighted by Crippen LogP contribution is 2.54. The van der Waals surface area contributed by atoms with E-state index >= 15 is 0 Å². The minimum absolute atomic E-state index is 0.562. The molecule has 0 radical (unpaired) electrons. The van der Waals surface area contributed by atoms with Crippen molar-refractivity contribution in [1.82, 2.24) is 5.32 Å². The van der Waals surface area contributed by atoms with Crippen molar-refractivity contribution in [2.75, 3.05) is 32.5 Å². The van der Waals surface area contributed by atoms with Crippen LogP contribution in [0.5, 0.6) is 0 Å². The molecule has 7 heteroatoms. The van der Waals surface area contributed by atoms with E-state index in [1.54, 1.807) is 0 Å². The average molecular weight is 228 g/mol. The van der Waals surface area contributed by atoms with Gasteiger partial charge in [-0.3, -0.25) is 0 Å². The van der Waals surface area contributed by atoms with E-state index in [9.17, 15) is 4.57 Å². The Morgan fingerprint density at radius 3 is 2.85 bits per heavy atom. The molecule has 0 saturated heterocycles. The average Bonchev–Trinajstić information content (AvgIpc) is 2.11. The molecule has 80 valence electrons. The highest BCUT2D eigenvalue weighted by molar-refractivity contribution is 8.54. The van der Waals surface area contributed by atoms with Gasteiger partial charge in [0.25, 0.3) is 0 Å². The maximum atomic E-state index is 10.9. The number of nitrogens with two attached hydrogens (primary N) is 1. The highest BCUT2D eigenvalue weighted by Gasteiger charge is 2.16. The van der Waals surface area contributed by atoms with Crippen molar-refractivity contribution in [1.29, 1.82) is 0 Å². The predicted molar refractivity (Wildman–Crippen MR) is 55.8 cm³/mol. The molecule has 0 bridgehead atoms. The topological polar surface area (TPSA) is 84.6 Å². The SMILES string of the molecule is COP(=O)(O)SCCNCCCN. The standard InChI is InChI=1S/C6H17N2O3PS/c1-11-12(9,10)13-6-5-8-4-2-3-7/h8H,2-7H2,1H3,(H,9,10). The third-order valence-electron chi connectivity index (χ3n) is 1.32. The first-order valence-electron chi connectivity index (χ1n) is 4.06. The van der Waals surface area contributed by atoms with Crippen molar-refractivity contribution in [3.05, 3.63) is 0 Å². The first kappa shape index (κ1) is 13.4. The molecule has 0 fully saturated rings. The van der Waals surface area contributed by atoms with Gasteiger partial charge in [0.2, 0.25) is 0 Å². The van der Waals surface area contributed by atoms with Crippen LogP contribution in [0.2, 0.25) is 0 Å². The van der Waals surface area contributed by atoms with Gasteiger partial charge in [-0.2, -0.15) is 0 Å². The molecule has 0 saturated carbocycles. The lowest BCUT2D eigenvalue weighted by molar-refractivity contribution is 0.336. The molecule has 1 unspecified atom stereocenters. The first-order chi connectivity index (χ1) is 6.12. The van der Waals surface area contributed by atoms with E-state index in [2.05, 4.69) is 9.84 Å². The van der Waals surface area contributed by atoms with E-state index in [0.29, 0.717) is 18.8 Å². The summed E-state index contributed by atoms with van der Waals surface area (Å²) in [5.41, 5.74) is 5.28. The number of hydrogen-bond donors (Lipinski definition) is 3. The Morgan fingerprint density at radius 1 is 1.62 bits per heavy atom. The lowest BCUT2D eigenvalue weighted by atomic mass is 10.4. The summed E-state index contributed by atoms with van der Waals surface area (Å²) < 4.78 is 15.3. The molecule has 0 rings (SSSR count). The zero-order valence-electron chi connectivity index (χ0n) is 7.73. The van der Waals surface area contributed by atoms with Crippen LogP contribution in [0.3, 0.4) is 0 Å². The Morgan fingerprint density at radius 2 is 2.31 bits per heavy atom. The molecule has 1 atom stereocenters. The van der Waals surface area contributed by atoms with Crippen molar-refractivity contribution >= 4 is 18.2 Å². The van der Waals surface area contributed by atoms with Crippen LogP contribution in [-0.2, 0) is 9.09 Å². The van der Waals surface area contributed by atoms with Crippen molar-refractivity contribution < 1.29 is 14.0 Å². The summed E-state index contributed by atoms with van der Waals surface area (Å²) in [4.78, 5) is 8.97. The zero-order chi connectivity index (χ0) is 10.2. The van der Waals surface area contributed by atoms with Crippen LogP contribution in [-0.4, -0.2) is 37.4 Å². The second-order valence-corrected chi connectivity index (χ2v) is 6.50. The largest absolute Gasteiger partial charge is 0.386 e. The van der Waals surface area contributed by atoms with Gasteiger partial charge in [0.1, 0.15) is 0 Å². The second-order valence-electron chi connectivity index (χ2n) is 2.38. The molecule has 0 aromatic heterocycles. The Hall–Kier alpha value is 0.420. The predicted octanol–water partition coefficient (Wildman–Crippen LogP) is 0.405. The van der Waals surface area contributed by atoms with Gasteiger partial charge >= 0.3 is 6.80 Å². The third kappa shape index (κ3) is 8.74. The van der Waals surface area contributed by atoms with Crippen LogP contribution < -0.4 is 11.1 Å². The number of rotatable bonds is 8. The molecular formula is C6H17N2O3PS. The molecule has 0 aromatic rings. The summed E-state index contributed by atoms with van der Waals surface area (Å²) in [7, 11) is 1.23. The van der Waals surface area contributed by atoms with E-state index in [4.69, 9.17) is 10.6 Å². The summed E-state index contributed by atoms with van der Waals surface area (Å²) in [5, 5.41) is 3.09. The molecule has 0 aliphatic rings. The summed E-state index contributed by atoms with van der Waals surface area (Å²) in [6.07, 6.45) is 0.922. The van der Waals surface area contributed by atoms with E-state index in [1.165, 1.54) is 7.11 Å². The van der Waals surface area contributed by atoms with Gasteiger partial charge in [0, 0.05) is 19.4 Å². The van der Waals surface area contributed by atoms with Crippen molar-refractivity contribution in [2.24, 2.45) is 5.73 Å². The van der Waals surface area contributed by atoms with Crippen LogP contribution in [0.1, 0.15) is 6.42 Å². The van der Waals surface area contributed by atoms with Crippen LogP contribution >= 0.6 is 18.2 Å². The molecular weight excluding hydrogens is 211 g/mol. The fourth-order valence-corrected chi connectivity index (χ4v) is 2.49. The molecule has 0 heterocycles. The highest BCUT2D eigenvalue weighted by atomic mass is 32.7. The minimum Gasteiger partial charge on any atom is -0.330 e. The van der Waals surface area contributed by atoms with Crippen LogP contribution in [0.25, 0.3) is 0 Å². The molecule has 0 spiro atoms. The maximum Gasteiger partial charge on any atom is 0.386 e. The molecule has 13 heavy (non-hydrogen) atoms. The quantitative estimate of drug-likeness (QED) is 0.412. The smallest absolute Gasteiger partial charge is 0.330 e. The van der Waals surface area contributed by atoms with Gasteiger partial charge < -0.3 is 20.5 Å². The summed E-state index contributed by atoms with van der Waals surface area (Å²) in [5.74, 6) is 0.562. The fraction of sp³-hybridized carbons (Fsp3) is 1.00. The number of hydrogen-bond acceptors (Lipinski definition) is 5. The summed E-state index contributed by atoms with van der Waals surface area (Å²) in [6, 6.07) is 0. The van der Waals surface area contributed by atoms with Gasteiger partial charge in [-0.15, -0.1) is 0 Å². The van der Waals surface area contributed by atoms with E-state index in [1.807, 2.05) is 0 Å². The normalized spacial score (nSPS) is 15.6. The monoisotopic (exact) mass is 228 g/mol. The summed E-state index contributed by atoms with van der Waals surface area (Å²) in [6.45, 7) is -1.17. The van der Waals surface area contributed by atoms with Crippen molar-refractivity contribution in [3.8, 4) is 0 Å². The van der Waals surface area contributed by atoms with E-state index in [0.717, 1.165) is 24.3 Å². The van der Waals surface area contributed by atoms with E-state index < -0.39 is 6.80 Å². The Kier molecular flexibility index (Phi) is 8.04. The van der Waals surface area contributed by atoms with Crippen LogP contribution in [0, 0.1) is 0 Å². The minimum atomic E-state index is -3.38. The van der Waals surface area contributed by atoms with Gasteiger partial charge in [0.05, 0.1) is 0 Å². The lowest BCUT2D eigenvalue weighted by Crippen LogP contribution is -2.20. The van der Waals surface area contributed by atoms with Crippen LogP contribution in [0.4, 0.5) is 0 Å². The molecule has 0 aliphatic heterocycles. The van der Waals surface area contributed by atoms with Crippen LogP contribution in [0.15, 0.2) is 0 Å². The van der Waals surface area contributed by atoms with Gasteiger partial charge in [-0.1, -0.05) is 0 Å². The second kappa shape index (κ2) is 7.79. The van der Waals surface area contributed by atoms with Crippen molar-refractivity contribution in [3.63, 3.8) is 0 Å². The zero-order valence-corrected chi connectivity index (χ0v) is 9.44. The maximum absolute atomic E-state index is 10.9.